The number of aromatic nitrogens is 4. The largest absolute Gasteiger partial charge is 0.478 e. The lowest BCUT2D eigenvalue weighted by molar-refractivity contribution is -0.711. The van der Waals surface area contributed by atoms with E-state index in [9.17, 15) is 4.57 Å². The van der Waals surface area contributed by atoms with Crippen LogP contribution in [0.15, 0.2) is 60.9 Å². The van der Waals surface area contributed by atoms with Gasteiger partial charge in [-0.1, -0.05) is 59.6 Å². The molecule has 2 heterocycles. The van der Waals surface area contributed by atoms with Crippen LogP contribution in [0, 0.1) is 0 Å². The second kappa shape index (κ2) is 10.3. The Morgan fingerprint density at radius 1 is 1.03 bits per heavy atom. The van der Waals surface area contributed by atoms with Gasteiger partial charge in [0.05, 0.1) is 26.9 Å². The number of anilines is 1. The zero-order valence-electron chi connectivity index (χ0n) is 18.4. The van der Waals surface area contributed by atoms with Gasteiger partial charge in [-0.25, -0.2) is 9.13 Å². The maximum Gasteiger partial charge on any atom is 0.469 e. The fourth-order valence-corrected chi connectivity index (χ4v) is 3.85. The van der Waals surface area contributed by atoms with E-state index in [1.165, 1.54) is 7.11 Å². The third-order valence-electron chi connectivity index (χ3n) is 5.01. The molecule has 0 amide bonds. The molecule has 12 heteroatoms. The summed E-state index contributed by atoms with van der Waals surface area (Å²) < 4.78 is 29.8. The molecule has 0 atom stereocenters. The number of rotatable bonds is 10. The van der Waals surface area contributed by atoms with Gasteiger partial charge in [-0.3, -0.25) is 9.09 Å². The molecule has 4 rings (SSSR count). The lowest BCUT2D eigenvalue weighted by Gasteiger charge is -2.05. The molecule has 0 saturated carbocycles. The Labute approximate surface area is 195 Å². The molecule has 0 fully saturated rings. The Kier molecular flexibility index (Phi) is 7.20. The Hall–Kier alpha value is -3.34. The summed E-state index contributed by atoms with van der Waals surface area (Å²) in [6, 6.07) is 18.4. The minimum absolute atomic E-state index is 0.0244. The van der Waals surface area contributed by atoms with Crippen molar-refractivity contribution in [2.75, 3.05) is 26.1 Å². The smallest absolute Gasteiger partial charge is 0.469 e. The summed E-state index contributed by atoms with van der Waals surface area (Å²) in [6.07, 6.45) is 1.80. The van der Waals surface area contributed by atoms with Crippen molar-refractivity contribution in [1.82, 2.24) is 14.5 Å². The topological polar surface area (TPSA) is 146 Å². The second-order valence-electron chi connectivity index (χ2n) is 7.40. The molecule has 34 heavy (non-hydrogen) atoms. The number of fused-ring (bicyclic) bond motifs is 1. The number of hydrogen-bond acceptors (Lipinski definition) is 7. The van der Waals surface area contributed by atoms with Gasteiger partial charge in [-0.15, -0.1) is 0 Å². The molecule has 0 saturated heterocycles. The average Bonchev–Trinajstić information content (AvgIpc) is 3.15. The van der Waals surface area contributed by atoms with Crippen molar-refractivity contribution in [1.29, 1.82) is 0 Å². The maximum absolute atomic E-state index is 10.8. The van der Waals surface area contributed by atoms with Gasteiger partial charge < -0.3 is 25.0 Å². The maximum atomic E-state index is 10.8. The first-order valence-electron chi connectivity index (χ1n) is 10.4. The molecule has 2 aromatic heterocycles. The Morgan fingerprint density at radius 3 is 2.41 bits per heavy atom. The predicted molar refractivity (Wildman–Crippen MR) is 124 cm³/mol. The summed E-state index contributed by atoms with van der Waals surface area (Å²) in [5, 5.41) is 0. The SMILES string of the molecule is COc1nc(N)nc2c1n(Cc1ccc(-c3ccccc3)cc1)c[n+]2COCCOP(=O)(O)O. The molecule has 0 unspecified atom stereocenters. The molecule has 4 aromatic rings. The number of phosphoric acid groups is 1. The van der Waals surface area contributed by atoms with E-state index in [4.69, 9.17) is 25.0 Å². The lowest BCUT2D eigenvalue weighted by atomic mass is 10.0. The van der Waals surface area contributed by atoms with E-state index in [2.05, 4.69) is 50.9 Å². The van der Waals surface area contributed by atoms with Crippen molar-refractivity contribution >= 4 is 24.9 Å². The van der Waals surface area contributed by atoms with Crippen LogP contribution in [0.4, 0.5) is 5.95 Å². The van der Waals surface area contributed by atoms with Crippen molar-refractivity contribution in [2.24, 2.45) is 0 Å². The van der Waals surface area contributed by atoms with Crippen LogP contribution in [0.5, 0.6) is 5.88 Å². The number of phosphoric ester groups is 1. The first-order chi connectivity index (χ1) is 16.3. The third-order valence-corrected chi connectivity index (χ3v) is 5.53. The quantitative estimate of drug-likeness (QED) is 0.174. The average molecular weight is 486 g/mol. The predicted octanol–water partition coefficient (Wildman–Crippen LogP) is 2.11. The first kappa shape index (κ1) is 23.8. The van der Waals surface area contributed by atoms with Gasteiger partial charge in [-0.2, -0.15) is 4.98 Å². The van der Waals surface area contributed by atoms with Crippen molar-refractivity contribution in [3.8, 4) is 17.0 Å². The number of nitrogens with zero attached hydrogens (tertiary/aromatic N) is 4. The summed E-state index contributed by atoms with van der Waals surface area (Å²) in [5.41, 5.74) is 10.3. The first-order valence-corrected chi connectivity index (χ1v) is 11.9. The van der Waals surface area contributed by atoms with E-state index in [0.29, 0.717) is 23.6 Å². The van der Waals surface area contributed by atoms with Crippen molar-refractivity contribution in [3.63, 3.8) is 0 Å². The highest BCUT2D eigenvalue weighted by atomic mass is 31.2. The monoisotopic (exact) mass is 486 g/mol. The van der Waals surface area contributed by atoms with Crippen LogP contribution in [0.3, 0.4) is 0 Å². The number of benzene rings is 2. The second-order valence-corrected chi connectivity index (χ2v) is 8.64. The van der Waals surface area contributed by atoms with Crippen LogP contribution in [-0.2, 0) is 27.1 Å². The number of nitrogens with two attached hydrogens (primary N) is 1. The van der Waals surface area contributed by atoms with Crippen LogP contribution < -0.4 is 15.0 Å². The number of nitrogen functional groups attached to an aromatic ring is 1. The minimum atomic E-state index is -4.54. The van der Waals surface area contributed by atoms with Gasteiger partial charge in [0.15, 0.2) is 13.1 Å². The molecule has 0 radical (unpaired) electrons. The summed E-state index contributed by atoms with van der Waals surface area (Å²) in [4.78, 5) is 26.1. The summed E-state index contributed by atoms with van der Waals surface area (Å²) in [6.45, 7) is 0.297. The van der Waals surface area contributed by atoms with Crippen molar-refractivity contribution in [2.45, 2.75) is 13.3 Å². The highest BCUT2D eigenvalue weighted by molar-refractivity contribution is 7.46. The van der Waals surface area contributed by atoms with Crippen LogP contribution in [0.2, 0.25) is 0 Å². The van der Waals surface area contributed by atoms with E-state index in [-0.39, 0.29) is 25.9 Å². The van der Waals surface area contributed by atoms with Gasteiger partial charge in [0.2, 0.25) is 5.52 Å². The molecule has 0 aliphatic heterocycles. The molecular formula is C22H25N5O6P+. The summed E-state index contributed by atoms with van der Waals surface area (Å²) in [5.74, 6) is 0.375. The van der Waals surface area contributed by atoms with E-state index >= 15 is 0 Å². The number of imidazole rings is 1. The van der Waals surface area contributed by atoms with Crippen LogP contribution in [0.1, 0.15) is 5.56 Å². The van der Waals surface area contributed by atoms with E-state index < -0.39 is 7.82 Å². The molecule has 0 aliphatic carbocycles. The van der Waals surface area contributed by atoms with E-state index in [1.54, 1.807) is 10.9 Å². The molecule has 2 aromatic carbocycles. The molecule has 0 spiro atoms. The lowest BCUT2D eigenvalue weighted by Crippen LogP contribution is -2.35. The minimum Gasteiger partial charge on any atom is -0.478 e. The van der Waals surface area contributed by atoms with Gasteiger partial charge in [0, 0.05) is 0 Å². The molecule has 0 bridgehead atoms. The zero-order chi connectivity index (χ0) is 24.1. The highest BCUT2D eigenvalue weighted by Crippen LogP contribution is 2.35. The van der Waals surface area contributed by atoms with E-state index in [1.807, 2.05) is 22.8 Å². The van der Waals surface area contributed by atoms with Crippen LogP contribution in [-0.4, -0.2) is 44.6 Å². The van der Waals surface area contributed by atoms with Gasteiger partial charge in [0.1, 0.15) is 0 Å². The highest BCUT2D eigenvalue weighted by Gasteiger charge is 2.24. The van der Waals surface area contributed by atoms with Gasteiger partial charge in [-0.05, 0) is 16.7 Å². The summed E-state index contributed by atoms with van der Waals surface area (Å²) in [7, 11) is -3.03. The van der Waals surface area contributed by atoms with Crippen LogP contribution in [0.25, 0.3) is 22.3 Å². The van der Waals surface area contributed by atoms with Crippen LogP contribution >= 0.6 is 7.82 Å². The van der Waals surface area contributed by atoms with E-state index in [0.717, 1.165) is 16.7 Å². The van der Waals surface area contributed by atoms with Crippen molar-refractivity contribution in [3.05, 3.63) is 66.5 Å². The summed E-state index contributed by atoms with van der Waals surface area (Å²) >= 11 is 0. The molecule has 11 nitrogen and oxygen atoms in total. The Balaban J connectivity index is 1.57. The number of methoxy groups -OCH3 is 1. The molecule has 0 aliphatic rings. The zero-order valence-corrected chi connectivity index (χ0v) is 19.3. The Morgan fingerprint density at radius 2 is 1.74 bits per heavy atom. The molecule has 4 N–H and O–H groups in total. The third kappa shape index (κ3) is 5.77. The number of ether oxygens (including phenoxy) is 2. The Bertz CT molecular complexity index is 1310. The normalized spacial score (nSPS) is 11.7. The standard InChI is InChI=1S/C22H24N5O6P/c1-31-21-19-20(24-22(23)25-21)27(15-32-11-12-33-34(28,29)30)14-26(19)13-16-7-9-18(10-8-16)17-5-3-2-4-6-17/h2-10,14H,11-13,15H2,1H3,(H3-,23,24,25,28,29,30)/p+1. The fraction of sp³-hybridized carbons (Fsp3) is 0.227. The van der Waals surface area contributed by atoms with Gasteiger partial charge in [0.25, 0.3) is 5.88 Å². The van der Waals surface area contributed by atoms with Gasteiger partial charge >= 0.3 is 19.4 Å². The molecular weight excluding hydrogens is 461 g/mol. The molecule has 178 valence electrons. The fourth-order valence-electron chi connectivity index (χ4n) is 3.54. The van der Waals surface area contributed by atoms with Crippen molar-refractivity contribution < 1.29 is 32.9 Å². The number of hydrogen-bond donors (Lipinski definition) is 3.